The van der Waals surface area contributed by atoms with Crippen LogP contribution in [0, 0.1) is 5.92 Å². The van der Waals surface area contributed by atoms with Crippen LogP contribution in [0.4, 0.5) is 0 Å². The van der Waals surface area contributed by atoms with Crippen molar-refractivity contribution in [3.8, 4) is 11.5 Å². The third kappa shape index (κ3) is 4.66. The number of carboxylic acid groups (broad SMARTS) is 1. The summed E-state index contributed by atoms with van der Waals surface area (Å²) in [5, 5.41) is 11.7. The van der Waals surface area contributed by atoms with Gasteiger partial charge in [0.2, 0.25) is 0 Å². The summed E-state index contributed by atoms with van der Waals surface area (Å²) < 4.78 is 10.2. The molecule has 6 nitrogen and oxygen atoms in total. The highest BCUT2D eigenvalue weighted by Gasteiger charge is 2.22. The van der Waals surface area contributed by atoms with Crippen LogP contribution in [0.1, 0.15) is 30.6 Å². The zero-order chi connectivity index (χ0) is 16.0. The van der Waals surface area contributed by atoms with E-state index in [2.05, 4.69) is 5.32 Å². The molecule has 0 bridgehead atoms. The van der Waals surface area contributed by atoms with E-state index in [4.69, 9.17) is 14.6 Å². The van der Waals surface area contributed by atoms with E-state index in [0.29, 0.717) is 23.5 Å². The van der Waals surface area contributed by atoms with Crippen molar-refractivity contribution >= 4 is 11.9 Å². The Hall–Kier alpha value is -2.24. The van der Waals surface area contributed by atoms with Gasteiger partial charge in [-0.3, -0.25) is 4.79 Å². The first-order valence-electron chi connectivity index (χ1n) is 6.64. The standard InChI is InChI=1S/C15H21NO5/c1-9(2)7-11(15(18)19)16-14(17)10-5-6-12(20-3)13(8-10)21-4/h5-6,8-9,11H,7H2,1-4H3,(H,16,17)(H,18,19)/t11-/m0/s1. The molecule has 21 heavy (non-hydrogen) atoms. The molecule has 1 aromatic carbocycles. The average molecular weight is 295 g/mol. The Kier molecular flexibility index (Phi) is 6.02. The number of aliphatic carboxylic acids is 1. The lowest BCUT2D eigenvalue weighted by atomic mass is 10.0. The lowest BCUT2D eigenvalue weighted by Gasteiger charge is -2.17. The first-order chi connectivity index (χ1) is 9.88. The van der Waals surface area contributed by atoms with Crippen molar-refractivity contribution in [1.29, 1.82) is 0 Å². The number of methoxy groups -OCH3 is 2. The van der Waals surface area contributed by atoms with Gasteiger partial charge in [-0.2, -0.15) is 0 Å². The molecule has 6 heteroatoms. The predicted molar refractivity (Wildman–Crippen MR) is 77.9 cm³/mol. The minimum atomic E-state index is -1.04. The molecule has 0 saturated heterocycles. The molecule has 0 unspecified atom stereocenters. The topological polar surface area (TPSA) is 84.9 Å². The van der Waals surface area contributed by atoms with Gasteiger partial charge in [0.15, 0.2) is 11.5 Å². The second kappa shape index (κ2) is 7.52. The van der Waals surface area contributed by atoms with Gasteiger partial charge in [0.05, 0.1) is 14.2 Å². The van der Waals surface area contributed by atoms with E-state index in [0.717, 1.165) is 0 Å². The van der Waals surface area contributed by atoms with Gasteiger partial charge >= 0.3 is 5.97 Å². The third-order valence-electron chi connectivity index (χ3n) is 2.96. The normalized spacial score (nSPS) is 11.9. The maximum absolute atomic E-state index is 12.1. The summed E-state index contributed by atoms with van der Waals surface area (Å²) in [6.45, 7) is 3.80. The number of carbonyl (C=O) groups is 2. The van der Waals surface area contributed by atoms with Gasteiger partial charge in [-0.15, -0.1) is 0 Å². The Morgan fingerprint density at radius 2 is 1.81 bits per heavy atom. The SMILES string of the molecule is COc1ccc(C(=O)N[C@@H](CC(C)C)C(=O)O)cc1OC. The van der Waals surface area contributed by atoms with Gasteiger partial charge in [0.1, 0.15) is 6.04 Å². The number of ether oxygens (including phenoxy) is 2. The highest BCUT2D eigenvalue weighted by Crippen LogP contribution is 2.27. The van der Waals surface area contributed by atoms with Crippen LogP contribution in [0.3, 0.4) is 0 Å². The van der Waals surface area contributed by atoms with Crippen LogP contribution in [0.5, 0.6) is 11.5 Å². The maximum Gasteiger partial charge on any atom is 0.326 e. The molecule has 1 amide bonds. The Labute approximate surface area is 124 Å². The zero-order valence-corrected chi connectivity index (χ0v) is 12.7. The van der Waals surface area contributed by atoms with Crippen molar-refractivity contribution in [1.82, 2.24) is 5.32 Å². The Morgan fingerprint density at radius 1 is 1.19 bits per heavy atom. The van der Waals surface area contributed by atoms with E-state index in [1.54, 1.807) is 12.1 Å². The zero-order valence-electron chi connectivity index (χ0n) is 12.7. The van der Waals surface area contributed by atoms with Crippen molar-refractivity contribution in [2.24, 2.45) is 5.92 Å². The monoisotopic (exact) mass is 295 g/mol. The molecule has 1 rings (SSSR count). The quantitative estimate of drug-likeness (QED) is 0.803. The number of rotatable bonds is 7. The number of hydrogen-bond donors (Lipinski definition) is 2. The lowest BCUT2D eigenvalue weighted by Crippen LogP contribution is -2.41. The number of nitrogens with one attached hydrogen (secondary N) is 1. The highest BCUT2D eigenvalue weighted by atomic mass is 16.5. The van der Waals surface area contributed by atoms with Crippen LogP contribution in [-0.4, -0.2) is 37.2 Å². The van der Waals surface area contributed by atoms with Crippen molar-refractivity contribution < 1.29 is 24.2 Å². The average Bonchev–Trinajstić information content (AvgIpc) is 2.45. The number of carboxylic acids is 1. The second-order valence-electron chi connectivity index (χ2n) is 5.06. The summed E-state index contributed by atoms with van der Waals surface area (Å²) >= 11 is 0. The van der Waals surface area contributed by atoms with E-state index in [-0.39, 0.29) is 5.92 Å². The van der Waals surface area contributed by atoms with Crippen molar-refractivity contribution in [2.75, 3.05) is 14.2 Å². The van der Waals surface area contributed by atoms with E-state index in [1.807, 2.05) is 13.8 Å². The van der Waals surface area contributed by atoms with E-state index >= 15 is 0 Å². The minimum absolute atomic E-state index is 0.164. The smallest absolute Gasteiger partial charge is 0.326 e. The predicted octanol–water partition coefficient (Wildman–Crippen LogP) is 1.93. The summed E-state index contributed by atoms with van der Waals surface area (Å²) in [6.07, 6.45) is 0.369. The van der Waals surface area contributed by atoms with Crippen LogP contribution in [0.2, 0.25) is 0 Å². The summed E-state index contributed by atoms with van der Waals surface area (Å²) in [6, 6.07) is 3.77. The largest absolute Gasteiger partial charge is 0.493 e. The molecular weight excluding hydrogens is 274 g/mol. The highest BCUT2D eigenvalue weighted by molar-refractivity contribution is 5.97. The van der Waals surface area contributed by atoms with Crippen molar-refractivity contribution in [3.63, 3.8) is 0 Å². The Morgan fingerprint density at radius 3 is 2.29 bits per heavy atom. The molecule has 0 radical (unpaired) electrons. The molecule has 2 N–H and O–H groups in total. The molecule has 0 aliphatic rings. The molecular formula is C15H21NO5. The van der Waals surface area contributed by atoms with Gasteiger partial charge in [-0.05, 0) is 30.5 Å². The maximum atomic E-state index is 12.1. The molecule has 0 saturated carbocycles. The summed E-state index contributed by atoms with van der Waals surface area (Å²) in [5.41, 5.74) is 0.322. The van der Waals surface area contributed by atoms with E-state index < -0.39 is 17.9 Å². The van der Waals surface area contributed by atoms with Gasteiger partial charge < -0.3 is 19.9 Å². The van der Waals surface area contributed by atoms with Gasteiger partial charge in [0, 0.05) is 5.56 Å². The van der Waals surface area contributed by atoms with Crippen molar-refractivity contribution in [2.45, 2.75) is 26.3 Å². The fourth-order valence-electron chi connectivity index (χ4n) is 1.91. The summed E-state index contributed by atoms with van der Waals surface area (Å²) in [4.78, 5) is 23.3. The molecule has 1 atom stereocenters. The van der Waals surface area contributed by atoms with Crippen LogP contribution in [-0.2, 0) is 4.79 Å². The lowest BCUT2D eigenvalue weighted by molar-refractivity contribution is -0.139. The molecule has 0 aliphatic carbocycles. The van der Waals surface area contributed by atoms with Crippen LogP contribution in [0.15, 0.2) is 18.2 Å². The van der Waals surface area contributed by atoms with Crippen LogP contribution in [0.25, 0.3) is 0 Å². The molecule has 0 aromatic heterocycles. The molecule has 0 fully saturated rings. The Bertz CT molecular complexity index is 513. The fraction of sp³-hybridized carbons (Fsp3) is 0.467. The first-order valence-corrected chi connectivity index (χ1v) is 6.64. The molecule has 116 valence electrons. The van der Waals surface area contributed by atoms with Crippen LogP contribution < -0.4 is 14.8 Å². The minimum Gasteiger partial charge on any atom is -0.493 e. The molecule has 0 spiro atoms. The number of amides is 1. The third-order valence-corrected chi connectivity index (χ3v) is 2.96. The summed E-state index contributed by atoms with van der Waals surface area (Å²) in [5.74, 6) is -0.412. The van der Waals surface area contributed by atoms with Crippen molar-refractivity contribution in [3.05, 3.63) is 23.8 Å². The van der Waals surface area contributed by atoms with E-state index in [1.165, 1.54) is 20.3 Å². The fourth-order valence-corrected chi connectivity index (χ4v) is 1.91. The molecule has 0 heterocycles. The number of hydrogen-bond acceptors (Lipinski definition) is 4. The van der Waals surface area contributed by atoms with Gasteiger partial charge in [-0.1, -0.05) is 13.8 Å². The van der Waals surface area contributed by atoms with Gasteiger partial charge in [0.25, 0.3) is 5.91 Å². The number of carbonyl (C=O) groups excluding carboxylic acids is 1. The molecule has 0 aliphatic heterocycles. The van der Waals surface area contributed by atoms with E-state index in [9.17, 15) is 9.59 Å². The number of benzene rings is 1. The Balaban J connectivity index is 2.89. The second-order valence-corrected chi connectivity index (χ2v) is 5.06. The van der Waals surface area contributed by atoms with Gasteiger partial charge in [-0.25, -0.2) is 4.79 Å². The van der Waals surface area contributed by atoms with Crippen LogP contribution >= 0.6 is 0 Å². The summed E-state index contributed by atoms with van der Waals surface area (Å²) in [7, 11) is 2.97. The molecule has 1 aromatic rings. The first kappa shape index (κ1) is 16.8.